The third-order valence-corrected chi connectivity index (χ3v) is 6.36. The molecule has 2 aromatic rings. The minimum Gasteiger partial charge on any atom is -0.337 e. The zero-order chi connectivity index (χ0) is 17.2. The molecule has 0 radical (unpaired) electrons. The van der Waals surface area contributed by atoms with E-state index in [0.717, 1.165) is 24.5 Å². The second kappa shape index (κ2) is 7.23. The fourth-order valence-electron chi connectivity index (χ4n) is 4.06. The van der Waals surface area contributed by atoms with Crippen molar-refractivity contribution in [2.75, 3.05) is 19.8 Å². The fourth-order valence-corrected chi connectivity index (χ4v) is 4.75. The number of aromatic nitrogens is 3. The minimum atomic E-state index is -0.446. The van der Waals surface area contributed by atoms with Gasteiger partial charge in [0, 0.05) is 30.8 Å². The van der Waals surface area contributed by atoms with Crippen molar-refractivity contribution in [3.05, 3.63) is 34.0 Å². The average Bonchev–Trinajstić information content (AvgIpc) is 3.41. The second-order valence-electron chi connectivity index (χ2n) is 7.12. The van der Waals surface area contributed by atoms with Crippen LogP contribution in [0, 0.1) is 5.92 Å². The van der Waals surface area contributed by atoms with Gasteiger partial charge in [0.05, 0.1) is 11.6 Å². The highest BCUT2D eigenvalue weighted by Crippen LogP contribution is 2.35. The van der Waals surface area contributed by atoms with Crippen LogP contribution >= 0.6 is 11.3 Å². The zero-order valence-corrected chi connectivity index (χ0v) is 15.0. The molecule has 2 aromatic heterocycles. The van der Waals surface area contributed by atoms with Gasteiger partial charge in [0.2, 0.25) is 0 Å². The summed E-state index contributed by atoms with van der Waals surface area (Å²) in [4.78, 5) is 19.7. The molecule has 1 amide bonds. The normalized spacial score (nSPS) is 24.8. The molecule has 0 unspecified atom stereocenters. The van der Waals surface area contributed by atoms with Crippen LogP contribution in [0.2, 0.25) is 0 Å². The first kappa shape index (κ1) is 16.7. The Kier molecular flexibility index (Phi) is 4.83. The van der Waals surface area contributed by atoms with Gasteiger partial charge in [0.25, 0.3) is 5.91 Å². The lowest BCUT2D eigenvalue weighted by molar-refractivity contribution is 0.0789. The monoisotopic (exact) mass is 362 g/mol. The minimum absolute atomic E-state index is 0.0111. The summed E-state index contributed by atoms with van der Waals surface area (Å²) in [5, 5.41) is 9.34. The third-order valence-electron chi connectivity index (χ3n) is 5.50. The lowest BCUT2D eigenvalue weighted by Crippen LogP contribution is -2.28. The van der Waals surface area contributed by atoms with Crippen LogP contribution in [0.1, 0.15) is 65.3 Å². The Hall–Kier alpha value is -1.76. The number of thiophene rings is 1. The Morgan fingerprint density at radius 1 is 1.32 bits per heavy atom. The van der Waals surface area contributed by atoms with Gasteiger partial charge < -0.3 is 4.90 Å². The van der Waals surface area contributed by atoms with Gasteiger partial charge in [0.15, 0.2) is 5.82 Å². The average molecular weight is 362 g/mol. The van der Waals surface area contributed by atoms with E-state index in [2.05, 4.69) is 10.2 Å². The topological polar surface area (TPSA) is 61.9 Å². The Morgan fingerprint density at radius 2 is 2.16 bits per heavy atom. The molecule has 4 rings (SSSR count). The highest BCUT2D eigenvalue weighted by molar-refractivity contribution is 7.12. The van der Waals surface area contributed by atoms with E-state index in [-0.39, 0.29) is 17.7 Å². The number of amides is 1. The van der Waals surface area contributed by atoms with E-state index >= 15 is 0 Å². The molecular weight excluding hydrogens is 339 g/mol. The summed E-state index contributed by atoms with van der Waals surface area (Å²) >= 11 is 1.43. The maximum atomic E-state index is 13.6. The lowest BCUT2D eigenvalue weighted by atomic mass is 9.89. The van der Waals surface area contributed by atoms with Crippen molar-refractivity contribution in [1.29, 1.82) is 0 Å². The second-order valence-corrected chi connectivity index (χ2v) is 8.07. The molecule has 1 aliphatic carbocycles. The zero-order valence-electron chi connectivity index (χ0n) is 14.2. The van der Waals surface area contributed by atoms with Gasteiger partial charge >= 0.3 is 0 Å². The number of carbonyl (C=O) groups is 1. The first-order valence-electron chi connectivity index (χ1n) is 9.07. The Morgan fingerprint density at radius 3 is 2.88 bits per heavy atom. The van der Waals surface area contributed by atoms with Crippen LogP contribution in [0.4, 0.5) is 4.39 Å². The van der Waals surface area contributed by atoms with Crippen LogP contribution in [-0.2, 0) is 0 Å². The van der Waals surface area contributed by atoms with Crippen LogP contribution in [0.15, 0.2) is 17.5 Å². The maximum Gasteiger partial charge on any atom is 0.263 e. The van der Waals surface area contributed by atoms with E-state index in [1.54, 1.807) is 4.90 Å². The van der Waals surface area contributed by atoms with Crippen molar-refractivity contribution in [2.45, 2.75) is 43.9 Å². The Balaban J connectivity index is 1.49. The first-order valence-corrected chi connectivity index (χ1v) is 9.95. The van der Waals surface area contributed by atoms with Gasteiger partial charge in [-0.25, -0.2) is 4.98 Å². The molecule has 2 atom stereocenters. The number of nitrogens with one attached hydrogen (secondary N) is 1. The number of nitrogens with zero attached hydrogens (tertiary/aromatic N) is 3. The fraction of sp³-hybridized carbons (Fsp3) is 0.611. The summed E-state index contributed by atoms with van der Waals surface area (Å²) in [6.45, 7) is 0.500. The van der Waals surface area contributed by atoms with Gasteiger partial charge in [-0.15, -0.1) is 11.3 Å². The summed E-state index contributed by atoms with van der Waals surface area (Å²) in [7, 11) is 0. The molecule has 1 saturated carbocycles. The lowest BCUT2D eigenvalue weighted by Gasteiger charge is -2.18. The smallest absolute Gasteiger partial charge is 0.263 e. The van der Waals surface area contributed by atoms with Crippen LogP contribution in [0.3, 0.4) is 0 Å². The van der Waals surface area contributed by atoms with Crippen LogP contribution < -0.4 is 0 Å². The molecule has 1 saturated heterocycles. The predicted molar refractivity (Wildman–Crippen MR) is 94.6 cm³/mol. The van der Waals surface area contributed by atoms with Crippen molar-refractivity contribution >= 4 is 17.2 Å². The highest BCUT2D eigenvalue weighted by atomic mass is 32.1. The number of halogens is 1. The van der Waals surface area contributed by atoms with Gasteiger partial charge in [-0.05, 0) is 24.3 Å². The molecule has 5 nitrogen and oxygen atoms in total. The summed E-state index contributed by atoms with van der Waals surface area (Å²) in [6, 6.07) is 3.69. The largest absolute Gasteiger partial charge is 0.337 e. The Labute approximate surface area is 150 Å². The number of H-pyrrole nitrogens is 1. The van der Waals surface area contributed by atoms with Crippen LogP contribution in [0.25, 0.3) is 0 Å². The molecule has 7 heteroatoms. The van der Waals surface area contributed by atoms with E-state index < -0.39 is 6.67 Å². The number of likely N-dealkylation sites (tertiary alicyclic amines) is 1. The standard InChI is InChI=1S/C18H23FN4OS/c19-9-13-10-23(18(24)15-7-4-8-25-15)11-14(13)17-20-16(21-22-17)12-5-2-1-3-6-12/h4,7-8,12-14H,1-3,5-6,9-11H2,(H,20,21,22)/t13-,14-/m1/s1. The summed E-state index contributed by atoms with van der Waals surface area (Å²) in [5.74, 6) is 1.71. The van der Waals surface area contributed by atoms with Crippen molar-refractivity contribution in [2.24, 2.45) is 5.92 Å². The molecule has 1 N–H and O–H groups in total. The van der Waals surface area contributed by atoms with Crippen molar-refractivity contribution < 1.29 is 9.18 Å². The number of hydrogen-bond donors (Lipinski definition) is 1. The molecule has 25 heavy (non-hydrogen) atoms. The van der Waals surface area contributed by atoms with E-state index in [4.69, 9.17) is 4.98 Å². The molecule has 1 aliphatic heterocycles. The highest BCUT2D eigenvalue weighted by Gasteiger charge is 2.39. The maximum absolute atomic E-state index is 13.6. The number of aromatic amines is 1. The van der Waals surface area contributed by atoms with Crippen LogP contribution in [-0.4, -0.2) is 45.8 Å². The molecule has 2 aliphatic rings. The van der Waals surface area contributed by atoms with Crippen molar-refractivity contribution in [3.8, 4) is 0 Å². The molecule has 0 aromatic carbocycles. The molecule has 0 spiro atoms. The molecule has 134 valence electrons. The van der Waals surface area contributed by atoms with Crippen molar-refractivity contribution in [1.82, 2.24) is 20.1 Å². The number of carbonyl (C=O) groups excluding carboxylic acids is 1. The summed E-state index contributed by atoms with van der Waals surface area (Å²) in [5.41, 5.74) is 0. The van der Waals surface area contributed by atoms with E-state index in [1.165, 1.54) is 30.6 Å². The predicted octanol–water partition coefficient (Wildman–Crippen LogP) is 3.74. The molecular formula is C18H23FN4OS. The van der Waals surface area contributed by atoms with Gasteiger partial charge in [-0.3, -0.25) is 14.3 Å². The quantitative estimate of drug-likeness (QED) is 0.901. The summed E-state index contributed by atoms with van der Waals surface area (Å²) < 4.78 is 13.6. The van der Waals surface area contributed by atoms with Gasteiger partial charge in [0.1, 0.15) is 5.82 Å². The van der Waals surface area contributed by atoms with Gasteiger partial charge in [-0.1, -0.05) is 25.3 Å². The third kappa shape index (κ3) is 3.34. The molecule has 2 fully saturated rings. The number of alkyl halides is 1. The number of rotatable bonds is 4. The molecule has 3 heterocycles. The SMILES string of the molecule is O=C(c1cccs1)N1C[C@@H](CF)[C@H](c2nc(C3CCCCC3)n[nH]2)C1. The Bertz CT molecular complexity index is 710. The van der Waals surface area contributed by atoms with Gasteiger partial charge in [-0.2, -0.15) is 5.10 Å². The van der Waals surface area contributed by atoms with Crippen molar-refractivity contribution in [3.63, 3.8) is 0 Å². The van der Waals surface area contributed by atoms with Crippen LogP contribution in [0.5, 0.6) is 0 Å². The van der Waals surface area contributed by atoms with E-state index in [1.807, 2.05) is 17.5 Å². The first-order chi connectivity index (χ1) is 12.3. The summed E-state index contributed by atoms with van der Waals surface area (Å²) in [6.07, 6.45) is 6.03. The number of hydrogen-bond acceptors (Lipinski definition) is 4. The molecule has 0 bridgehead atoms. The van der Waals surface area contributed by atoms with E-state index in [9.17, 15) is 9.18 Å². The van der Waals surface area contributed by atoms with E-state index in [0.29, 0.717) is 23.9 Å².